The van der Waals surface area contributed by atoms with Gasteiger partial charge in [-0.15, -0.1) is 0 Å². The SMILES string of the molecule is CC(C)OC(=O)CC(NC(=O)c1cc(=O)c2ccccc2o1)c1ccccc1[N+](=O)[O-]. The van der Waals surface area contributed by atoms with Crippen LogP contribution in [0.5, 0.6) is 0 Å². The third kappa shape index (κ3) is 5.13. The Morgan fingerprint density at radius 2 is 1.81 bits per heavy atom. The zero-order chi connectivity index (χ0) is 22.5. The summed E-state index contributed by atoms with van der Waals surface area (Å²) in [5.74, 6) is -1.70. The summed E-state index contributed by atoms with van der Waals surface area (Å²) in [6, 6.07) is 12.2. The van der Waals surface area contributed by atoms with E-state index < -0.39 is 34.4 Å². The lowest BCUT2D eigenvalue weighted by Gasteiger charge is -2.19. The van der Waals surface area contributed by atoms with E-state index in [1.165, 1.54) is 18.2 Å². The number of carbonyl (C=O) groups excluding carboxylic acids is 2. The molecule has 0 aliphatic rings. The fourth-order valence-corrected chi connectivity index (χ4v) is 3.11. The first-order chi connectivity index (χ1) is 14.8. The van der Waals surface area contributed by atoms with Crippen LogP contribution in [0.1, 0.15) is 42.4 Å². The molecule has 1 N–H and O–H groups in total. The van der Waals surface area contributed by atoms with Crippen LogP contribution >= 0.6 is 0 Å². The van der Waals surface area contributed by atoms with Gasteiger partial charge in [-0.3, -0.25) is 24.5 Å². The molecule has 1 aromatic heterocycles. The van der Waals surface area contributed by atoms with Crippen LogP contribution in [0.25, 0.3) is 11.0 Å². The normalized spacial score (nSPS) is 11.8. The molecule has 0 aliphatic heterocycles. The van der Waals surface area contributed by atoms with E-state index in [1.807, 2.05) is 0 Å². The summed E-state index contributed by atoms with van der Waals surface area (Å²) >= 11 is 0. The molecule has 0 spiro atoms. The Hall–Kier alpha value is -4.01. The molecule has 1 atom stereocenters. The molecule has 1 unspecified atom stereocenters. The molecule has 9 nitrogen and oxygen atoms in total. The quantitative estimate of drug-likeness (QED) is 0.349. The van der Waals surface area contributed by atoms with E-state index in [0.29, 0.717) is 5.39 Å². The van der Waals surface area contributed by atoms with Crippen molar-refractivity contribution >= 4 is 28.5 Å². The van der Waals surface area contributed by atoms with Crippen LogP contribution in [-0.2, 0) is 9.53 Å². The molecule has 9 heteroatoms. The molecular weight excluding hydrogens is 404 g/mol. The molecular formula is C22H20N2O7. The van der Waals surface area contributed by atoms with E-state index in [0.717, 1.165) is 6.07 Å². The standard InChI is InChI=1S/C22H20N2O7/c1-13(2)30-21(26)11-16(14-7-3-5-9-17(14)24(28)29)23-22(27)20-12-18(25)15-8-4-6-10-19(15)31-20/h3-10,12-13,16H,11H2,1-2H3,(H,23,27). The highest BCUT2D eigenvalue weighted by molar-refractivity contribution is 5.93. The van der Waals surface area contributed by atoms with Crippen LogP contribution in [0.4, 0.5) is 5.69 Å². The maximum atomic E-state index is 12.8. The van der Waals surface area contributed by atoms with Crippen molar-refractivity contribution < 1.29 is 23.7 Å². The van der Waals surface area contributed by atoms with E-state index in [-0.39, 0.29) is 29.0 Å². The minimum atomic E-state index is -1.07. The van der Waals surface area contributed by atoms with Crippen molar-refractivity contribution in [1.82, 2.24) is 5.32 Å². The van der Waals surface area contributed by atoms with Crippen LogP contribution in [0.2, 0.25) is 0 Å². The van der Waals surface area contributed by atoms with Crippen LogP contribution in [0, 0.1) is 10.1 Å². The predicted molar refractivity (Wildman–Crippen MR) is 112 cm³/mol. The maximum absolute atomic E-state index is 12.8. The van der Waals surface area contributed by atoms with Gasteiger partial charge in [-0.2, -0.15) is 0 Å². The van der Waals surface area contributed by atoms with Crippen molar-refractivity contribution in [1.29, 1.82) is 0 Å². The summed E-state index contributed by atoms with van der Waals surface area (Å²) in [7, 11) is 0. The lowest BCUT2D eigenvalue weighted by Crippen LogP contribution is -2.32. The first-order valence-corrected chi connectivity index (χ1v) is 9.53. The number of hydrogen-bond acceptors (Lipinski definition) is 7. The molecule has 2 aromatic carbocycles. The monoisotopic (exact) mass is 424 g/mol. The number of benzene rings is 2. The third-order valence-corrected chi connectivity index (χ3v) is 4.41. The van der Waals surface area contributed by atoms with Gasteiger partial charge < -0.3 is 14.5 Å². The number of nitro groups is 1. The van der Waals surface area contributed by atoms with Crippen LogP contribution in [0.3, 0.4) is 0 Å². The molecule has 0 bridgehead atoms. The number of para-hydroxylation sites is 2. The van der Waals surface area contributed by atoms with Crippen molar-refractivity contribution in [2.45, 2.75) is 32.4 Å². The Morgan fingerprint density at radius 1 is 1.13 bits per heavy atom. The summed E-state index contributed by atoms with van der Waals surface area (Å²) in [5.41, 5.74) is -0.315. The van der Waals surface area contributed by atoms with E-state index >= 15 is 0 Å². The largest absolute Gasteiger partial charge is 0.463 e. The molecule has 0 radical (unpaired) electrons. The molecule has 0 saturated heterocycles. The lowest BCUT2D eigenvalue weighted by atomic mass is 10.0. The van der Waals surface area contributed by atoms with Crippen LogP contribution in [-0.4, -0.2) is 22.9 Å². The van der Waals surface area contributed by atoms with Gasteiger partial charge in [0.1, 0.15) is 5.58 Å². The van der Waals surface area contributed by atoms with Gasteiger partial charge >= 0.3 is 5.97 Å². The van der Waals surface area contributed by atoms with Crippen molar-refractivity contribution in [3.63, 3.8) is 0 Å². The van der Waals surface area contributed by atoms with Crippen molar-refractivity contribution in [3.05, 3.63) is 86.3 Å². The Balaban J connectivity index is 1.96. The van der Waals surface area contributed by atoms with Gasteiger partial charge in [-0.05, 0) is 26.0 Å². The maximum Gasteiger partial charge on any atom is 0.308 e. The summed E-state index contributed by atoms with van der Waals surface area (Å²) in [4.78, 5) is 48.2. The Kier molecular flexibility index (Phi) is 6.44. The number of nitrogens with one attached hydrogen (secondary N) is 1. The number of amides is 1. The van der Waals surface area contributed by atoms with Gasteiger partial charge in [0.15, 0.2) is 11.2 Å². The van der Waals surface area contributed by atoms with E-state index in [9.17, 15) is 24.5 Å². The average molecular weight is 424 g/mol. The van der Waals surface area contributed by atoms with E-state index in [1.54, 1.807) is 44.2 Å². The molecule has 31 heavy (non-hydrogen) atoms. The predicted octanol–water partition coefficient (Wildman–Crippen LogP) is 3.51. The minimum absolute atomic E-state index is 0.129. The van der Waals surface area contributed by atoms with Crippen molar-refractivity contribution in [2.24, 2.45) is 0 Å². The highest BCUT2D eigenvalue weighted by Gasteiger charge is 2.27. The second kappa shape index (κ2) is 9.21. The number of carbonyl (C=O) groups is 2. The van der Waals surface area contributed by atoms with E-state index in [4.69, 9.17) is 9.15 Å². The average Bonchev–Trinajstić information content (AvgIpc) is 2.72. The van der Waals surface area contributed by atoms with Crippen molar-refractivity contribution in [3.8, 4) is 0 Å². The molecule has 1 amide bonds. The fraction of sp³-hybridized carbons (Fsp3) is 0.227. The molecule has 0 saturated carbocycles. The summed E-state index contributed by atoms with van der Waals surface area (Å²) in [6.07, 6.45) is -0.736. The second-order valence-electron chi connectivity index (χ2n) is 7.06. The Bertz CT molecular complexity index is 1200. The van der Waals surface area contributed by atoms with Gasteiger partial charge in [0.2, 0.25) is 0 Å². The molecule has 160 valence electrons. The third-order valence-electron chi connectivity index (χ3n) is 4.41. The van der Waals surface area contributed by atoms with Crippen molar-refractivity contribution in [2.75, 3.05) is 0 Å². The number of hydrogen-bond donors (Lipinski definition) is 1. The van der Waals surface area contributed by atoms with Gasteiger partial charge in [-0.25, -0.2) is 0 Å². The molecule has 0 fully saturated rings. The number of rotatable bonds is 7. The number of nitro benzene ring substituents is 1. The zero-order valence-corrected chi connectivity index (χ0v) is 16.9. The number of fused-ring (bicyclic) bond motifs is 1. The zero-order valence-electron chi connectivity index (χ0n) is 16.9. The molecule has 3 rings (SSSR count). The number of nitrogens with zero attached hydrogens (tertiary/aromatic N) is 1. The Morgan fingerprint density at radius 3 is 2.52 bits per heavy atom. The van der Waals surface area contributed by atoms with Crippen LogP contribution in [0.15, 0.2) is 63.8 Å². The Labute approximate surface area is 176 Å². The van der Waals surface area contributed by atoms with Gasteiger partial charge in [0.25, 0.3) is 11.6 Å². The topological polar surface area (TPSA) is 129 Å². The van der Waals surface area contributed by atoms with E-state index in [2.05, 4.69) is 5.32 Å². The first kappa shape index (κ1) is 21.7. The fourth-order valence-electron chi connectivity index (χ4n) is 3.11. The molecule has 1 heterocycles. The highest BCUT2D eigenvalue weighted by Crippen LogP contribution is 2.28. The minimum Gasteiger partial charge on any atom is -0.463 e. The van der Waals surface area contributed by atoms with Crippen LogP contribution < -0.4 is 10.7 Å². The molecule has 3 aromatic rings. The molecule has 0 aliphatic carbocycles. The summed E-state index contributed by atoms with van der Waals surface area (Å²) < 4.78 is 10.7. The summed E-state index contributed by atoms with van der Waals surface area (Å²) in [6.45, 7) is 3.33. The van der Waals surface area contributed by atoms with Gasteiger partial charge in [0, 0.05) is 12.1 Å². The first-order valence-electron chi connectivity index (χ1n) is 9.53. The van der Waals surface area contributed by atoms with Gasteiger partial charge in [0.05, 0.1) is 34.4 Å². The smallest absolute Gasteiger partial charge is 0.308 e. The highest BCUT2D eigenvalue weighted by atomic mass is 16.6. The number of ether oxygens (including phenoxy) is 1. The summed E-state index contributed by atoms with van der Waals surface area (Å²) in [5, 5.41) is 14.3. The second-order valence-corrected chi connectivity index (χ2v) is 7.06. The number of esters is 1. The van der Waals surface area contributed by atoms with Gasteiger partial charge in [-0.1, -0.05) is 30.3 Å². The lowest BCUT2D eigenvalue weighted by molar-refractivity contribution is -0.385.